The standard InChI is InChI=1S/C10H22O4Si/c1-6-8-14-10(2)7-9-15(11-3,12-4)13-5/h6,8,10H,7,9H2,1-5H3/b8-6-. The highest BCUT2D eigenvalue weighted by Gasteiger charge is 2.37. The van der Waals surface area contributed by atoms with Crippen LogP contribution in [0, 0.1) is 0 Å². The van der Waals surface area contributed by atoms with Gasteiger partial charge >= 0.3 is 8.80 Å². The highest BCUT2D eigenvalue weighted by molar-refractivity contribution is 6.60. The average molecular weight is 234 g/mol. The van der Waals surface area contributed by atoms with Crippen LogP contribution in [-0.2, 0) is 18.0 Å². The number of hydrogen-bond donors (Lipinski definition) is 0. The van der Waals surface area contributed by atoms with Crippen molar-refractivity contribution in [3.05, 3.63) is 12.3 Å². The van der Waals surface area contributed by atoms with E-state index < -0.39 is 8.80 Å². The number of rotatable bonds is 8. The summed E-state index contributed by atoms with van der Waals surface area (Å²) in [6.07, 6.45) is 4.56. The van der Waals surface area contributed by atoms with Crippen LogP contribution in [0.2, 0.25) is 6.04 Å². The Morgan fingerprint density at radius 2 is 1.67 bits per heavy atom. The minimum Gasteiger partial charge on any atom is -0.499 e. The minimum atomic E-state index is -2.42. The van der Waals surface area contributed by atoms with Gasteiger partial charge in [0.2, 0.25) is 0 Å². The molecule has 15 heavy (non-hydrogen) atoms. The third kappa shape index (κ3) is 5.32. The van der Waals surface area contributed by atoms with Crippen molar-refractivity contribution in [2.75, 3.05) is 21.3 Å². The first kappa shape index (κ1) is 14.6. The quantitative estimate of drug-likeness (QED) is 0.476. The van der Waals surface area contributed by atoms with Crippen LogP contribution in [0.3, 0.4) is 0 Å². The van der Waals surface area contributed by atoms with Gasteiger partial charge in [0.05, 0.1) is 12.4 Å². The van der Waals surface area contributed by atoms with Crippen molar-refractivity contribution in [1.29, 1.82) is 0 Å². The molecule has 0 saturated carbocycles. The summed E-state index contributed by atoms with van der Waals surface area (Å²) in [5.74, 6) is 0. The smallest absolute Gasteiger partial charge is 0.499 e. The zero-order valence-corrected chi connectivity index (χ0v) is 11.3. The van der Waals surface area contributed by atoms with Crippen molar-refractivity contribution in [1.82, 2.24) is 0 Å². The van der Waals surface area contributed by atoms with E-state index in [9.17, 15) is 0 Å². The van der Waals surface area contributed by atoms with Gasteiger partial charge in [-0.2, -0.15) is 0 Å². The summed E-state index contributed by atoms with van der Waals surface area (Å²) in [5, 5.41) is 0. The topological polar surface area (TPSA) is 36.9 Å². The van der Waals surface area contributed by atoms with E-state index in [-0.39, 0.29) is 6.10 Å². The fraction of sp³-hybridized carbons (Fsp3) is 0.800. The lowest BCUT2D eigenvalue weighted by Gasteiger charge is -2.25. The van der Waals surface area contributed by atoms with E-state index in [1.807, 2.05) is 19.9 Å². The zero-order valence-electron chi connectivity index (χ0n) is 10.3. The largest absolute Gasteiger partial charge is 0.500 e. The van der Waals surface area contributed by atoms with Gasteiger partial charge in [-0.3, -0.25) is 0 Å². The number of ether oxygens (including phenoxy) is 1. The molecule has 90 valence electrons. The molecule has 0 aliphatic rings. The number of hydrogen-bond acceptors (Lipinski definition) is 4. The Hall–Kier alpha value is -0.363. The lowest BCUT2D eigenvalue weighted by atomic mass is 10.3. The van der Waals surface area contributed by atoms with Crippen molar-refractivity contribution in [2.45, 2.75) is 32.4 Å². The first-order chi connectivity index (χ1) is 7.14. The highest BCUT2D eigenvalue weighted by Crippen LogP contribution is 2.17. The van der Waals surface area contributed by atoms with Crippen LogP contribution >= 0.6 is 0 Å². The van der Waals surface area contributed by atoms with Gasteiger partial charge in [-0.05, 0) is 20.3 Å². The molecule has 5 heteroatoms. The summed E-state index contributed by atoms with van der Waals surface area (Å²) >= 11 is 0. The molecule has 0 aliphatic heterocycles. The molecule has 0 radical (unpaired) electrons. The fourth-order valence-electron chi connectivity index (χ4n) is 1.22. The summed E-state index contributed by atoms with van der Waals surface area (Å²) < 4.78 is 21.3. The van der Waals surface area contributed by atoms with E-state index in [0.717, 1.165) is 12.5 Å². The van der Waals surface area contributed by atoms with Crippen molar-refractivity contribution in [3.63, 3.8) is 0 Å². The molecule has 0 bridgehead atoms. The maximum atomic E-state index is 5.40. The lowest BCUT2D eigenvalue weighted by Crippen LogP contribution is -2.43. The Morgan fingerprint density at radius 3 is 2.07 bits per heavy atom. The maximum absolute atomic E-state index is 5.40. The summed E-state index contributed by atoms with van der Waals surface area (Å²) in [6, 6.07) is 0.759. The third-order valence-electron chi connectivity index (χ3n) is 2.24. The summed E-state index contributed by atoms with van der Waals surface area (Å²) in [4.78, 5) is 0. The molecule has 0 fully saturated rings. The molecular formula is C10H22O4Si. The Morgan fingerprint density at radius 1 is 1.13 bits per heavy atom. The Labute approximate surface area is 93.5 Å². The normalized spacial score (nSPS) is 14.5. The molecule has 0 amide bonds. The maximum Gasteiger partial charge on any atom is 0.500 e. The van der Waals surface area contributed by atoms with Crippen LogP contribution < -0.4 is 0 Å². The first-order valence-electron chi connectivity index (χ1n) is 5.06. The number of allylic oxidation sites excluding steroid dienone is 1. The van der Waals surface area contributed by atoms with Crippen molar-refractivity contribution >= 4 is 8.80 Å². The van der Waals surface area contributed by atoms with Crippen LogP contribution in [0.15, 0.2) is 12.3 Å². The van der Waals surface area contributed by atoms with Crippen LogP contribution in [0.5, 0.6) is 0 Å². The molecule has 0 N–H and O–H groups in total. The molecule has 0 aliphatic carbocycles. The molecule has 0 aromatic heterocycles. The molecule has 0 spiro atoms. The zero-order chi connectivity index (χ0) is 11.7. The second-order valence-corrected chi connectivity index (χ2v) is 6.34. The van der Waals surface area contributed by atoms with Gasteiger partial charge in [-0.15, -0.1) is 0 Å². The Kier molecular flexibility index (Phi) is 7.68. The molecule has 4 nitrogen and oxygen atoms in total. The SMILES string of the molecule is C/C=C\OC(C)CC[Si](OC)(OC)OC. The van der Waals surface area contributed by atoms with Crippen LogP contribution in [0.25, 0.3) is 0 Å². The Balaban J connectivity index is 3.98. The fourth-order valence-corrected chi connectivity index (χ4v) is 3.09. The van der Waals surface area contributed by atoms with E-state index in [0.29, 0.717) is 0 Å². The molecule has 0 aromatic carbocycles. The molecular weight excluding hydrogens is 212 g/mol. The minimum absolute atomic E-state index is 0.147. The average Bonchev–Trinajstić information content (AvgIpc) is 2.29. The third-order valence-corrected chi connectivity index (χ3v) is 5.00. The second kappa shape index (κ2) is 7.87. The Bertz CT molecular complexity index is 172. The molecule has 0 heterocycles. The van der Waals surface area contributed by atoms with E-state index in [1.165, 1.54) is 0 Å². The van der Waals surface area contributed by atoms with Gasteiger partial charge in [0.25, 0.3) is 0 Å². The van der Waals surface area contributed by atoms with Gasteiger partial charge in [-0.25, -0.2) is 0 Å². The molecule has 0 rings (SSSR count). The van der Waals surface area contributed by atoms with Gasteiger partial charge in [0.15, 0.2) is 0 Å². The van der Waals surface area contributed by atoms with Crippen molar-refractivity contribution < 1.29 is 18.0 Å². The predicted molar refractivity (Wildman–Crippen MR) is 61.6 cm³/mol. The van der Waals surface area contributed by atoms with E-state index in [2.05, 4.69) is 0 Å². The van der Waals surface area contributed by atoms with Gasteiger partial charge in [0.1, 0.15) is 0 Å². The van der Waals surface area contributed by atoms with Crippen molar-refractivity contribution in [3.8, 4) is 0 Å². The van der Waals surface area contributed by atoms with Gasteiger partial charge in [-0.1, -0.05) is 6.08 Å². The van der Waals surface area contributed by atoms with E-state index in [1.54, 1.807) is 27.6 Å². The summed E-state index contributed by atoms with van der Waals surface area (Å²) in [6.45, 7) is 3.94. The van der Waals surface area contributed by atoms with Crippen LogP contribution in [-0.4, -0.2) is 36.2 Å². The molecule has 1 atom stereocenters. The summed E-state index contributed by atoms with van der Waals surface area (Å²) in [7, 11) is 2.44. The second-order valence-electron chi connectivity index (χ2n) is 3.25. The van der Waals surface area contributed by atoms with Gasteiger partial charge in [0, 0.05) is 27.4 Å². The lowest BCUT2D eigenvalue weighted by molar-refractivity contribution is 0.109. The van der Waals surface area contributed by atoms with E-state index in [4.69, 9.17) is 18.0 Å². The first-order valence-corrected chi connectivity index (χ1v) is 6.99. The molecule has 0 saturated heterocycles. The predicted octanol–water partition coefficient (Wildman–Crippen LogP) is 2.19. The monoisotopic (exact) mass is 234 g/mol. The highest BCUT2D eigenvalue weighted by atomic mass is 28.4. The van der Waals surface area contributed by atoms with Crippen LogP contribution in [0.4, 0.5) is 0 Å². The van der Waals surface area contributed by atoms with Crippen LogP contribution in [0.1, 0.15) is 20.3 Å². The van der Waals surface area contributed by atoms with E-state index >= 15 is 0 Å². The molecule has 1 unspecified atom stereocenters. The molecule has 0 aromatic rings. The van der Waals surface area contributed by atoms with Gasteiger partial charge < -0.3 is 18.0 Å². The summed E-state index contributed by atoms with van der Waals surface area (Å²) in [5.41, 5.74) is 0. The van der Waals surface area contributed by atoms with Crippen molar-refractivity contribution in [2.24, 2.45) is 0 Å².